The van der Waals surface area contributed by atoms with Gasteiger partial charge in [-0.15, -0.1) is 0 Å². The number of hydrogen-bond acceptors (Lipinski definition) is 5. The molecule has 1 aromatic heterocycles. The Bertz CT molecular complexity index is 1450. The first-order valence-electron chi connectivity index (χ1n) is 11.8. The molecule has 0 fully saturated rings. The Morgan fingerprint density at radius 3 is 1.97 bits per heavy atom. The molecular formula is C27H32ClFN2O4S. The lowest BCUT2D eigenvalue weighted by Crippen LogP contribution is -2.27. The summed E-state index contributed by atoms with van der Waals surface area (Å²) in [6.45, 7) is 14.8. The zero-order valence-corrected chi connectivity index (χ0v) is 23.4. The predicted molar refractivity (Wildman–Crippen MR) is 141 cm³/mol. The molecule has 194 valence electrons. The average molecular weight is 535 g/mol. The molecule has 0 N–H and O–H groups in total. The van der Waals surface area contributed by atoms with Gasteiger partial charge in [-0.25, -0.2) is 4.39 Å². The quantitative estimate of drug-likeness (QED) is 0.312. The number of aromatic nitrogens is 2. The Hall–Kier alpha value is -2.71. The van der Waals surface area contributed by atoms with Gasteiger partial charge in [0.1, 0.15) is 16.5 Å². The van der Waals surface area contributed by atoms with Crippen LogP contribution in [0.15, 0.2) is 40.0 Å². The third-order valence-electron chi connectivity index (χ3n) is 6.10. The maximum atomic E-state index is 13.7. The summed E-state index contributed by atoms with van der Waals surface area (Å²) < 4.78 is 47.7. The largest absolute Gasteiger partial charge is 0.358 e. The van der Waals surface area contributed by atoms with Crippen LogP contribution < -0.4 is 9.74 Å². The summed E-state index contributed by atoms with van der Waals surface area (Å²) in [4.78, 5) is 17.6. The van der Waals surface area contributed by atoms with Crippen molar-refractivity contribution in [3.8, 4) is 11.6 Å². The highest BCUT2D eigenvalue weighted by Gasteiger charge is 2.30. The summed E-state index contributed by atoms with van der Waals surface area (Å²) in [6.07, 6.45) is 0. The minimum absolute atomic E-state index is 0.0134. The normalized spacial score (nSPS) is 12.1. The number of halogens is 2. The average Bonchev–Trinajstić information content (AvgIpc) is 2.77. The molecule has 0 bridgehead atoms. The molecule has 0 radical (unpaired) electrons. The molecule has 0 unspecified atom stereocenters. The number of aryl methyl sites for hydroxylation is 1. The van der Waals surface area contributed by atoms with Crippen LogP contribution in [0, 0.1) is 19.7 Å². The van der Waals surface area contributed by atoms with Crippen LogP contribution >= 0.6 is 11.6 Å². The van der Waals surface area contributed by atoms with Crippen molar-refractivity contribution in [3.63, 3.8) is 0 Å². The van der Waals surface area contributed by atoms with Gasteiger partial charge in [-0.2, -0.15) is 13.4 Å². The first kappa shape index (κ1) is 27.9. The number of hydrogen-bond donors (Lipinski definition) is 0. The Morgan fingerprint density at radius 2 is 1.50 bits per heavy atom. The highest BCUT2D eigenvalue weighted by molar-refractivity contribution is 7.87. The molecule has 3 aromatic rings. The van der Waals surface area contributed by atoms with Gasteiger partial charge in [0.25, 0.3) is 5.56 Å². The Kier molecular flexibility index (Phi) is 8.01. The van der Waals surface area contributed by atoms with Crippen LogP contribution in [0.4, 0.5) is 4.39 Å². The van der Waals surface area contributed by atoms with Crippen molar-refractivity contribution in [1.29, 1.82) is 0 Å². The Balaban J connectivity index is 2.20. The van der Waals surface area contributed by atoms with Crippen molar-refractivity contribution in [2.45, 2.75) is 78.0 Å². The van der Waals surface area contributed by atoms with E-state index in [1.165, 1.54) is 30.5 Å². The van der Waals surface area contributed by atoms with Crippen molar-refractivity contribution in [2.75, 3.05) is 0 Å². The third-order valence-corrected chi connectivity index (χ3v) is 7.75. The maximum Gasteiger partial charge on any atom is 0.341 e. The molecule has 6 nitrogen and oxygen atoms in total. The molecular weight excluding hydrogens is 503 g/mol. The van der Waals surface area contributed by atoms with Crippen LogP contribution in [-0.2, 0) is 10.1 Å². The predicted octanol–water partition coefficient (Wildman–Crippen LogP) is 6.78. The minimum Gasteiger partial charge on any atom is -0.358 e. The van der Waals surface area contributed by atoms with Crippen LogP contribution in [0.1, 0.15) is 87.4 Å². The molecule has 3 rings (SSSR count). The Labute approximate surface area is 217 Å². The topological polar surface area (TPSA) is 78.3 Å². The van der Waals surface area contributed by atoms with Crippen molar-refractivity contribution in [1.82, 2.24) is 9.55 Å². The monoisotopic (exact) mass is 534 g/mol. The van der Waals surface area contributed by atoms with E-state index in [4.69, 9.17) is 15.8 Å². The number of rotatable bonds is 7. The molecule has 0 saturated carbocycles. The zero-order chi connectivity index (χ0) is 27.1. The standard InChI is InChI=1S/C27H32ClFN2O4S/c1-14(2)19-11-21(15(3)4)25(22(12-19)16(5)6)36(33,34)35-26-17(7)27(32)31(18(8)30-26)24-10-9-20(29)13-23(24)28/h9-16H,1-8H3. The van der Waals surface area contributed by atoms with Gasteiger partial charge in [0, 0.05) is 0 Å². The van der Waals surface area contributed by atoms with Gasteiger partial charge >= 0.3 is 10.1 Å². The van der Waals surface area contributed by atoms with E-state index in [2.05, 4.69) is 18.8 Å². The van der Waals surface area contributed by atoms with Crippen LogP contribution in [0.5, 0.6) is 5.88 Å². The van der Waals surface area contributed by atoms with Crippen LogP contribution in [-0.4, -0.2) is 18.0 Å². The molecule has 0 aliphatic rings. The Morgan fingerprint density at radius 1 is 0.944 bits per heavy atom. The summed E-state index contributed by atoms with van der Waals surface area (Å²) in [7, 11) is -4.34. The van der Waals surface area contributed by atoms with E-state index >= 15 is 0 Å². The summed E-state index contributed by atoms with van der Waals surface area (Å²) in [5, 5.41) is 0.0242. The van der Waals surface area contributed by atoms with Gasteiger partial charge in [-0.1, -0.05) is 65.3 Å². The second-order valence-electron chi connectivity index (χ2n) is 9.86. The minimum atomic E-state index is -4.34. The van der Waals surface area contributed by atoms with Crippen molar-refractivity contribution in [3.05, 3.63) is 79.6 Å². The van der Waals surface area contributed by atoms with Crippen molar-refractivity contribution < 1.29 is 17.0 Å². The number of nitrogens with zero attached hydrogens (tertiary/aromatic N) is 2. The summed E-state index contributed by atoms with van der Waals surface area (Å²) in [5.74, 6) is -0.652. The second-order valence-corrected chi connectivity index (χ2v) is 11.7. The molecule has 1 heterocycles. The van der Waals surface area contributed by atoms with Gasteiger partial charge in [0.2, 0.25) is 5.88 Å². The fourth-order valence-corrected chi connectivity index (χ4v) is 5.91. The van der Waals surface area contributed by atoms with Crippen LogP contribution in [0.25, 0.3) is 5.69 Å². The fourth-order valence-electron chi connectivity index (χ4n) is 4.04. The van der Waals surface area contributed by atoms with Crippen molar-refractivity contribution in [2.24, 2.45) is 0 Å². The lowest BCUT2D eigenvalue weighted by atomic mass is 9.89. The summed E-state index contributed by atoms with van der Waals surface area (Å²) in [5.41, 5.74) is 2.02. The van der Waals surface area contributed by atoms with Gasteiger partial charge in [-0.05, 0) is 66.5 Å². The maximum absolute atomic E-state index is 13.7. The van der Waals surface area contributed by atoms with Crippen LogP contribution in [0.3, 0.4) is 0 Å². The SMILES string of the molecule is Cc1c(OS(=O)(=O)c2c(C(C)C)cc(C(C)C)cc2C(C)C)nc(C)n(-c2ccc(F)cc2Cl)c1=O. The first-order chi connectivity index (χ1) is 16.7. The van der Waals surface area contributed by atoms with Crippen LogP contribution in [0.2, 0.25) is 5.02 Å². The van der Waals surface area contributed by atoms with E-state index in [0.717, 1.165) is 11.6 Å². The highest BCUT2D eigenvalue weighted by Crippen LogP contribution is 2.36. The highest BCUT2D eigenvalue weighted by atomic mass is 35.5. The zero-order valence-electron chi connectivity index (χ0n) is 21.8. The summed E-state index contributed by atoms with van der Waals surface area (Å²) in [6, 6.07) is 7.47. The molecule has 9 heteroatoms. The molecule has 0 aliphatic carbocycles. The van der Waals surface area contributed by atoms with E-state index in [0.29, 0.717) is 11.1 Å². The third kappa shape index (κ3) is 5.34. The lowest BCUT2D eigenvalue weighted by molar-refractivity contribution is 0.466. The fraction of sp³-hybridized carbons (Fsp3) is 0.407. The first-order valence-corrected chi connectivity index (χ1v) is 13.6. The molecule has 0 amide bonds. The van der Waals surface area contributed by atoms with E-state index in [-0.39, 0.29) is 50.6 Å². The molecule has 36 heavy (non-hydrogen) atoms. The molecule has 2 aromatic carbocycles. The van der Waals surface area contributed by atoms with Gasteiger partial charge < -0.3 is 4.18 Å². The van der Waals surface area contributed by atoms with Gasteiger partial charge in [0.15, 0.2) is 0 Å². The summed E-state index contributed by atoms with van der Waals surface area (Å²) >= 11 is 6.16. The van der Waals surface area contributed by atoms with Crippen molar-refractivity contribution >= 4 is 21.7 Å². The lowest BCUT2D eigenvalue weighted by Gasteiger charge is -2.22. The number of benzene rings is 2. The molecule has 0 saturated heterocycles. The smallest absolute Gasteiger partial charge is 0.341 e. The van der Waals surface area contributed by atoms with Gasteiger partial charge in [0.05, 0.1) is 16.3 Å². The molecule has 0 spiro atoms. The molecule has 0 atom stereocenters. The van der Waals surface area contributed by atoms with E-state index < -0.39 is 21.5 Å². The second kappa shape index (κ2) is 10.3. The van der Waals surface area contributed by atoms with E-state index in [1.807, 2.05) is 39.8 Å². The van der Waals surface area contributed by atoms with E-state index in [9.17, 15) is 17.6 Å². The van der Waals surface area contributed by atoms with E-state index in [1.54, 1.807) is 0 Å². The van der Waals surface area contributed by atoms with Gasteiger partial charge in [-0.3, -0.25) is 9.36 Å². The molecule has 0 aliphatic heterocycles.